The lowest BCUT2D eigenvalue weighted by atomic mass is 10.4. The molecule has 0 radical (unpaired) electrons. The van der Waals surface area contributed by atoms with Crippen LogP contribution in [-0.2, 0) is 5.75 Å². The molecule has 0 amide bonds. The van der Waals surface area contributed by atoms with Crippen molar-refractivity contribution in [1.29, 1.82) is 0 Å². The van der Waals surface area contributed by atoms with Crippen LogP contribution in [0.1, 0.15) is 5.76 Å². The smallest absolute Gasteiger partial charge is 0.136 e. The molecule has 0 unspecified atom stereocenters. The first kappa shape index (κ1) is 5.56. The third kappa shape index (κ3) is 0.816. The highest BCUT2D eigenvalue weighted by atomic mass is 32.1. The first-order chi connectivity index (χ1) is 3.84. The average molecular weight is 129 g/mol. The van der Waals surface area contributed by atoms with Crippen LogP contribution in [0, 0.1) is 0 Å². The zero-order valence-corrected chi connectivity index (χ0v) is 5.19. The summed E-state index contributed by atoms with van der Waals surface area (Å²) < 4.78 is 4.91. The molecule has 2 N–H and O–H groups in total. The highest BCUT2D eigenvalue weighted by Gasteiger charge is 1.96. The van der Waals surface area contributed by atoms with Gasteiger partial charge in [0, 0.05) is 0 Å². The van der Waals surface area contributed by atoms with E-state index in [0.717, 1.165) is 5.76 Å². The summed E-state index contributed by atoms with van der Waals surface area (Å²) in [7, 11) is 0. The van der Waals surface area contributed by atoms with Gasteiger partial charge in [-0.3, -0.25) is 0 Å². The number of hydrogen-bond donors (Lipinski definition) is 2. The molecule has 8 heavy (non-hydrogen) atoms. The second-order valence-electron chi connectivity index (χ2n) is 1.46. The van der Waals surface area contributed by atoms with Crippen molar-refractivity contribution < 1.29 is 4.42 Å². The predicted octanol–water partition coefficient (Wildman–Crippen LogP) is 1.29. The van der Waals surface area contributed by atoms with Crippen molar-refractivity contribution in [2.75, 3.05) is 5.73 Å². The first-order valence-electron chi connectivity index (χ1n) is 2.27. The molecule has 0 aromatic carbocycles. The quantitative estimate of drug-likeness (QED) is 0.561. The van der Waals surface area contributed by atoms with Crippen molar-refractivity contribution in [3.05, 3.63) is 18.1 Å². The number of rotatable bonds is 1. The molecule has 0 fully saturated rings. The molecule has 1 aromatic heterocycles. The van der Waals surface area contributed by atoms with Crippen LogP contribution in [0.25, 0.3) is 0 Å². The Morgan fingerprint density at radius 3 is 2.75 bits per heavy atom. The largest absolute Gasteiger partial charge is 0.466 e. The maximum atomic E-state index is 5.41. The minimum atomic E-state index is 0.568. The summed E-state index contributed by atoms with van der Waals surface area (Å²) >= 11 is 3.97. The third-order valence-corrected chi connectivity index (χ3v) is 1.21. The number of nitrogens with two attached hydrogens (primary N) is 1. The van der Waals surface area contributed by atoms with E-state index < -0.39 is 0 Å². The van der Waals surface area contributed by atoms with E-state index in [2.05, 4.69) is 12.6 Å². The van der Waals surface area contributed by atoms with Gasteiger partial charge < -0.3 is 10.2 Å². The molecule has 1 rings (SSSR count). The van der Waals surface area contributed by atoms with E-state index in [-0.39, 0.29) is 0 Å². The topological polar surface area (TPSA) is 39.2 Å². The van der Waals surface area contributed by atoms with Crippen LogP contribution in [0.15, 0.2) is 16.7 Å². The summed E-state index contributed by atoms with van der Waals surface area (Å²) in [4.78, 5) is 0. The number of hydrogen-bond acceptors (Lipinski definition) is 3. The van der Waals surface area contributed by atoms with Gasteiger partial charge in [0.05, 0.1) is 17.7 Å². The second kappa shape index (κ2) is 2.13. The molecule has 1 heterocycles. The lowest BCUT2D eigenvalue weighted by Gasteiger charge is -1.86. The van der Waals surface area contributed by atoms with Crippen LogP contribution in [0.5, 0.6) is 0 Å². The number of furan rings is 1. The summed E-state index contributed by atoms with van der Waals surface area (Å²) in [6, 6.07) is 1.71. The monoisotopic (exact) mass is 129 g/mol. The van der Waals surface area contributed by atoms with E-state index in [1.165, 1.54) is 0 Å². The second-order valence-corrected chi connectivity index (χ2v) is 1.77. The molecule has 0 spiro atoms. The minimum Gasteiger partial charge on any atom is -0.466 e. The summed E-state index contributed by atoms with van der Waals surface area (Å²) in [5, 5.41) is 0. The van der Waals surface area contributed by atoms with Gasteiger partial charge in [0.15, 0.2) is 0 Å². The Kier molecular flexibility index (Phi) is 1.48. The Bertz CT molecular complexity index is 173. The van der Waals surface area contributed by atoms with Gasteiger partial charge in [-0.15, -0.1) is 0 Å². The number of nitrogen functional groups attached to an aromatic ring is 1. The molecule has 1 aromatic rings. The van der Waals surface area contributed by atoms with Gasteiger partial charge in [-0.05, 0) is 6.07 Å². The van der Waals surface area contributed by atoms with E-state index in [1.54, 1.807) is 12.3 Å². The molecule has 0 bridgehead atoms. The molecule has 0 aliphatic rings. The van der Waals surface area contributed by atoms with Crippen LogP contribution in [-0.4, -0.2) is 0 Å². The molecule has 0 saturated carbocycles. The molecular weight excluding hydrogens is 122 g/mol. The van der Waals surface area contributed by atoms with Crippen LogP contribution < -0.4 is 5.73 Å². The van der Waals surface area contributed by atoms with Gasteiger partial charge in [-0.25, -0.2) is 0 Å². The highest BCUT2D eigenvalue weighted by molar-refractivity contribution is 7.79. The molecule has 44 valence electrons. The maximum Gasteiger partial charge on any atom is 0.136 e. The lowest BCUT2D eigenvalue weighted by Crippen LogP contribution is -1.84. The normalized spacial score (nSPS) is 9.62. The Morgan fingerprint density at radius 1 is 1.75 bits per heavy atom. The summed E-state index contributed by atoms with van der Waals surface area (Å²) in [6.07, 6.45) is 1.56. The zero-order chi connectivity index (χ0) is 5.98. The molecule has 0 aliphatic carbocycles. The van der Waals surface area contributed by atoms with Crippen molar-refractivity contribution in [1.82, 2.24) is 0 Å². The van der Waals surface area contributed by atoms with Crippen LogP contribution in [0.2, 0.25) is 0 Å². The van der Waals surface area contributed by atoms with E-state index in [1.807, 2.05) is 0 Å². The molecule has 0 atom stereocenters. The molecule has 0 aliphatic heterocycles. The van der Waals surface area contributed by atoms with E-state index in [4.69, 9.17) is 10.2 Å². The van der Waals surface area contributed by atoms with E-state index in [0.29, 0.717) is 11.4 Å². The highest BCUT2D eigenvalue weighted by Crippen LogP contribution is 2.13. The fourth-order valence-corrected chi connectivity index (χ4v) is 0.736. The summed E-state index contributed by atoms with van der Waals surface area (Å²) in [5.41, 5.74) is 6.09. The van der Waals surface area contributed by atoms with Crippen molar-refractivity contribution >= 4 is 18.3 Å². The maximum absolute atomic E-state index is 5.41. The third-order valence-electron chi connectivity index (χ3n) is 0.923. The molecule has 2 nitrogen and oxygen atoms in total. The zero-order valence-electron chi connectivity index (χ0n) is 4.29. The number of anilines is 1. The van der Waals surface area contributed by atoms with Gasteiger partial charge in [0.2, 0.25) is 0 Å². The Balaban J connectivity index is 2.92. The predicted molar refractivity (Wildman–Crippen MR) is 35.8 cm³/mol. The van der Waals surface area contributed by atoms with Crippen molar-refractivity contribution in [3.63, 3.8) is 0 Å². The van der Waals surface area contributed by atoms with Gasteiger partial charge in [0.1, 0.15) is 5.76 Å². The summed E-state index contributed by atoms with van der Waals surface area (Å²) in [6.45, 7) is 0. The Labute approximate surface area is 53.1 Å². The van der Waals surface area contributed by atoms with E-state index >= 15 is 0 Å². The van der Waals surface area contributed by atoms with Crippen LogP contribution in [0.4, 0.5) is 5.69 Å². The van der Waals surface area contributed by atoms with Gasteiger partial charge >= 0.3 is 0 Å². The van der Waals surface area contributed by atoms with Crippen molar-refractivity contribution in [2.45, 2.75) is 5.75 Å². The van der Waals surface area contributed by atoms with Crippen molar-refractivity contribution in [3.8, 4) is 0 Å². The van der Waals surface area contributed by atoms with Crippen LogP contribution in [0.3, 0.4) is 0 Å². The van der Waals surface area contributed by atoms with E-state index in [9.17, 15) is 0 Å². The Morgan fingerprint density at radius 2 is 2.50 bits per heavy atom. The average Bonchev–Trinajstić information content (AvgIpc) is 2.14. The molecule has 3 heteroatoms. The van der Waals surface area contributed by atoms with Gasteiger partial charge in [-0.1, -0.05) is 0 Å². The first-order valence-corrected chi connectivity index (χ1v) is 2.90. The fourth-order valence-electron chi connectivity index (χ4n) is 0.479. The molecular formula is C5H7NOS. The van der Waals surface area contributed by atoms with Gasteiger partial charge in [-0.2, -0.15) is 12.6 Å². The standard InChI is InChI=1S/C5H7NOS/c6-4-1-2-7-5(4)3-8/h1-2,8H,3,6H2. The fraction of sp³-hybridized carbons (Fsp3) is 0.200. The summed E-state index contributed by atoms with van der Waals surface area (Å²) in [5.74, 6) is 1.31. The minimum absolute atomic E-state index is 0.568. The number of thiol groups is 1. The lowest BCUT2D eigenvalue weighted by molar-refractivity contribution is 0.532. The van der Waals surface area contributed by atoms with Gasteiger partial charge in [0.25, 0.3) is 0 Å². The molecule has 0 saturated heterocycles. The van der Waals surface area contributed by atoms with Crippen molar-refractivity contribution in [2.24, 2.45) is 0 Å². The van der Waals surface area contributed by atoms with Crippen LogP contribution >= 0.6 is 12.6 Å². The SMILES string of the molecule is Nc1ccoc1CS. The Hall–Kier alpha value is -0.570.